The highest BCUT2D eigenvalue weighted by molar-refractivity contribution is 6.34. The van der Waals surface area contributed by atoms with Crippen LogP contribution in [0.5, 0.6) is 5.75 Å². The minimum Gasteiger partial charge on any atom is -0.497 e. The zero-order valence-corrected chi connectivity index (χ0v) is 12.3. The van der Waals surface area contributed by atoms with Crippen LogP contribution in [0.1, 0.15) is 15.9 Å². The van der Waals surface area contributed by atoms with Gasteiger partial charge in [0.2, 0.25) is 0 Å². The predicted octanol–water partition coefficient (Wildman–Crippen LogP) is 4.34. The first-order valence-corrected chi connectivity index (χ1v) is 6.85. The number of nitrogens with one attached hydrogen (secondary N) is 1. The van der Waals surface area contributed by atoms with Crippen molar-refractivity contribution in [2.75, 3.05) is 12.4 Å². The molecule has 1 N–H and O–H groups in total. The summed E-state index contributed by atoms with van der Waals surface area (Å²) in [6.45, 7) is 0. The molecule has 2 rings (SSSR count). The molecule has 0 bridgehead atoms. The fourth-order valence-corrected chi connectivity index (χ4v) is 2.05. The quantitative estimate of drug-likeness (QED) is 0.853. The molecule has 0 fully saturated rings. The number of carbonyl (C=O) groups excluding carboxylic acids is 1. The molecule has 0 spiro atoms. The predicted molar refractivity (Wildman–Crippen MR) is 82.0 cm³/mol. The van der Waals surface area contributed by atoms with Gasteiger partial charge in [-0.2, -0.15) is 0 Å². The van der Waals surface area contributed by atoms with Gasteiger partial charge in [0.1, 0.15) is 5.75 Å². The van der Waals surface area contributed by atoms with Gasteiger partial charge < -0.3 is 10.1 Å². The van der Waals surface area contributed by atoms with Crippen LogP contribution in [0.15, 0.2) is 42.5 Å². The molecule has 0 saturated carbocycles. The van der Waals surface area contributed by atoms with E-state index >= 15 is 0 Å². The van der Waals surface area contributed by atoms with E-state index in [1.54, 1.807) is 43.5 Å². The maximum atomic E-state index is 12.2. The van der Waals surface area contributed by atoms with Gasteiger partial charge in [-0.05, 0) is 29.8 Å². The smallest absolute Gasteiger partial charge is 0.255 e. The molecule has 0 atom stereocenters. The molecule has 0 heterocycles. The van der Waals surface area contributed by atoms with Crippen molar-refractivity contribution >= 4 is 34.8 Å². The SMILES string of the molecule is COc1ccc(Cl)c(NC(=O)c2cccc(CCl)c2)c1. The van der Waals surface area contributed by atoms with Crippen molar-refractivity contribution < 1.29 is 9.53 Å². The van der Waals surface area contributed by atoms with Crippen molar-refractivity contribution in [3.63, 3.8) is 0 Å². The van der Waals surface area contributed by atoms with Crippen LogP contribution >= 0.6 is 23.2 Å². The Bertz CT molecular complexity index is 629. The molecule has 0 saturated heterocycles. The Morgan fingerprint density at radius 2 is 2.05 bits per heavy atom. The number of anilines is 1. The second-order valence-corrected chi connectivity index (χ2v) is 4.81. The van der Waals surface area contributed by atoms with E-state index in [1.165, 1.54) is 0 Å². The zero-order valence-electron chi connectivity index (χ0n) is 10.8. The molecule has 104 valence electrons. The third-order valence-electron chi connectivity index (χ3n) is 2.77. The average Bonchev–Trinajstić information content (AvgIpc) is 2.49. The summed E-state index contributed by atoms with van der Waals surface area (Å²) in [6.07, 6.45) is 0. The molecule has 2 aromatic rings. The highest BCUT2D eigenvalue weighted by Gasteiger charge is 2.10. The first-order valence-electron chi connectivity index (χ1n) is 5.94. The van der Waals surface area contributed by atoms with Crippen molar-refractivity contribution in [2.24, 2.45) is 0 Å². The van der Waals surface area contributed by atoms with E-state index in [1.807, 2.05) is 6.07 Å². The number of amides is 1. The molecule has 0 aromatic heterocycles. The number of hydrogen-bond donors (Lipinski definition) is 1. The Morgan fingerprint density at radius 3 is 2.75 bits per heavy atom. The van der Waals surface area contributed by atoms with Gasteiger partial charge in [-0.15, -0.1) is 11.6 Å². The fourth-order valence-electron chi connectivity index (χ4n) is 1.72. The number of hydrogen-bond acceptors (Lipinski definition) is 2. The molecule has 0 radical (unpaired) electrons. The van der Waals surface area contributed by atoms with Crippen LogP contribution in [0.3, 0.4) is 0 Å². The number of methoxy groups -OCH3 is 1. The first-order chi connectivity index (χ1) is 9.63. The van der Waals surface area contributed by atoms with Crippen LogP contribution in [-0.2, 0) is 5.88 Å². The molecule has 1 amide bonds. The number of benzene rings is 2. The standard InChI is InChI=1S/C15H13Cl2NO2/c1-20-12-5-6-13(17)14(8-12)18-15(19)11-4-2-3-10(7-11)9-16/h2-8H,9H2,1H3,(H,18,19). The van der Waals surface area contributed by atoms with Crippen molar-refractivity contribution in [3.05, 3.63) is 58.6 Å². The normalized spacial score (nSPS) is 10.2. The van der Waals surface area contributed by atoms with E-state index in [-0.39, 0.29) is 5.91 Å². The summed E-state index contributed by atoms with van der Waals surface area (Å²) in [7, 11) is 1.55. The van der Waals surface area contributed by atoms with Crippen LogP contribution in [0.2, 0.25) is 5.02 Å². The van der Waals surface area contributed by atoms with E-state index in [4.69, 9.17) is 27.9 Å². The minimum absolute atomic E-state index is 0.243. The number of rotatable bonds is 4. The molecule has 20 heavy (non-hydrogen) atoms. The van der Waals surface area contributed by atoms with E-state index < -0.39 is 0 Å². The van der Waals surface area contributed by atoms with E-state index in [9.17, 15) is 4.79 Å². The topological polar surface area (TPSA) is 38.3 Å². The lowest BCUT2D eigenvalue weighted by Gasteiger charge is -2.09. The Balaban J connectivity index is 2.22. The molecular weight excluding hydrogens is 297 g/mol. The molecule has 0 unspecified atom stereocenters. The lowest BCUT2D eigenvalue weighted by Crippen LogP contribution is -2.12. The van der Waals surface area contributed by atoms with Gasteiger partial charge in [0.15, 0.2) is 0 Å². The summed E-state index contributed by atoms with van der Waals surface area (Å²) < 4.78 is 5.11. The summed E-state index contributed by atoms with van der Waals surface area (Å²) in [6, 6.07) is 12.2. The fraction of sp³-hybridized carbons (Fsp3) is 0.133. The number of carbonyl (C=O) groups is 1. The van der Waals surface area contributed by atoms with Crippen LogP contribution in [-0.4, -0.2) is 13.0 Å². The number of ether oxygens (including phenoxy) is 1. The second-order valence-electron chi connectivity index (χ2n) is 4.13. The van der Waals surface area contributed by atoms with E-state index in [0.29, 0.717) is 27.9 Å². The molecule has 5 heteroatoms. The van der Waals surface area contributed by atoms with Crippen molar-refractivity contribution in [1.29, 1.82) is 0 Å². The maximum absolute atomic E-state index is 12.2. The van der Waals surface area contributed by atoms with Gasteiger partial charge in [0.05, 0.1) is 17.8 Å². The number of halogens is 2. The maximum Gasteiger partial charge on any atom is 0.255 e. The van der Waals surface area contributed by atoms with Gasteiger partial charge in [0.25, 0.3) is 5.91 Å². The van der Waals surface area contributed by atoms with Gasteiger partial charge in [-0.25, -0.2) is 0 Å². The van der Waals surface area contributed by atoms with Crippen LogP contribution < -0.4 is 10.1 Å². The van der Waals surface area contributed by atoms with Gasteiger partial charge in [-0.3, -0.25) is 4.79 Å². The third-order valence-corrected chi connectivity index (χ3v) is 3.40. The molecule has 0 aliphatic heterocycles. The summed E-state index contributed by atoms with van der Waals surface area (Å²) in [5.74, 6) is 0.743. The summed E-state index contributed by atoms with van der Waals surface area (Å²) in [5.41, 5.74) is 1.92. The van der Waals surface area contributed by atoms with Crippen LogP contribution in [0, 0.1) is 0 Å². The lowest BCUT2D eigenvalue weighted by molar-refractivity contribution is 0.102. The lowest BCUT2D eigenvalue weighted by atomic mass is 10.1. The molecule has 2 aromatic carbocycles. The Labute approximate surface area is 127 Å². The first kappa shape index (κ1) is 14.7. The highest BCUT2D eigenvalue weighted by atomic mass is 35.5. The Kier molecular flexibility index (Phi) is 4.88. The van der Waals surface area contributed by atoms with Gasteiger partial charge in [-0.1, -0.05) is 23.7 Å². The van der Waals surface area contributed by atoms with Crippen molar-refractivity contribution in [3.8, 4) is 5.75 Å². The van der Waals surface area contributed by atoms with Crippen molar-refractivity contribution in [2.45, 2.75) is 5.88 Å². The molecule has 0 aliphatic carbocycles. The minimum atomic E-state index is -0.243. The number of alkyl halides is 1. The van der Waals surface area contributed by atoms with E-state index in [0.717, 1.165) is 5.56 Å². The van der Waals surface area contributed by atoms with Crippen molar-refractivity contribution in [1.82, 2.24) is 0 Å². The van der Waals surface area contributed by atoms with Gasteiger partial charge >= 0.3 is 0 Å². The van der Waals surface area contributed by atoms with Crippen LogP contribution in [0.25, 0.3) is 0 Å². The summed E-state index contributed by atoms with van der Waals surface area (Å²) in [4.78, 5) is 12.2. The monoisotopic (exact) mass is 309 g/mol. The summed E-state index contributed by atoms with van der Waals surface area (Å²) in [5, 5.41) is 3.21. The highest BCUT2D eigenvalue weighted by Crippen LogP contribution is 2.27. The van der Waals surface area contributed by atoms with Gasteiger partial charge in [0, 0.05) is 17.5 Å². The third kappa shape index (κ3) is 3.44. The zero-order chi connectivity index (χ0) is 14.5. The molecule has 3 nitrogen and oxygen atoms in total. The van der Waals surface area contributed by atoms with E-state index in [2.05, 4.69) is 5.32 Å². The molecule has 0 aliphatic rings. The Morgan fingerprint density at radius 1 is 1.25 bits per heavy atom. The largest absolute Gasteiger partial charge is 0.497 e. The van der Waals surface area contributed by atoms with Crippen LogP contribution in [0.4, 0.5) is 5.69 Å². The summed E-state index contributed by atoms with van der Waals surface area (Å²) >= 11 is 11.8. The average molecular weight is 310 g/mol. The molecular formula is C15H13Cl2NO2. The second kappa shape index (κ2) is 6.64. The Hall–Kier alpha value is -1.71.